The summed E-state index contributed by atoms with van der Waals surface area (Å²) in [5.41, 5.74) is 3.79. The maximum Gasteiger partial charge on any atom is 0.242 e. The number of anilines is 1. The van der Waals surface area contributed by atoms with E-state index in [2.05, 4.69) is 20.8 Å². The Bertz CT molecular complexity index is 1160. The molecule has 1 amide bonds. The lowest BCUT2D eigenvalue weighted by molar-refractivity contribution is -0.115. The molecule has 1 N–H and O–H groups in total. The molecule has 0 saturated carbocycles. The zero-order valence-electron chi connectivity index (χ0n) is 17.8. The monoisotopic (exact) mass is 445 g/mol. The molecule has 162 valence electrons. The predicted octanol–water partition coefficient (Wildman–Crippen LogP) is 4.51. The zero-order chi connectivity index (χ0) is 22.3. The number of hydrogen-bond donors (Lipinski definition) is 1. The van der Waals surface area contributed by atoms with Crippen LogP contribution in [0.4, 0.5) is 5.69 Å². The summed E-state index contributed by atoms with van der Waals surface area (Å²) in [7, 11) is 1.64. The fourth-order valence-electron chi connectivity index (χ4n) is 3.13. The molecule has 1 unspecified atom stereocenters. The van der Waals surface area contributed by atoms with E-state index in [4.69, 9.17) is 4.74 Å². The van der Waals surface area contributed by atoms with E-state index in [1.165, 1.54) is 11.8 Å². The second kappa shape index (κ2) is 10.1. The van der Waals surface area contributed by atoms with Crippen molar-refractivity contribution in [3.63, 3.8) is 0 Å². The van der Waals surface area contributed by atoms with Crippen LogP contribution in [0.5, 0.6) is 5.75 Å². The fourth-order valence-corrected chi connectivity index (χ4v) is 4.11. The highest BCUT2D eigenvalue weighted by atomic mass is 32.2. The highest BCUT2D eigenvalue weighted by molar-refractivity contribution is 8.00. The lowest BCUT2D eigenvalue weighted by Crippen LogP contribution is -2.19. The minimum Gasteiger partial charge on any atom is -0.497 e. The van der Waals surface area contributed by atoms with E-state index in [0.29, 0.717) is 11.7 Å². The lowest BCUT2D eigenvalue weighted by atomic mass is 10.1. The van der Waals surface area contributed by atoms with E-state index < -0.39 is 5.25 Å². The van der Waals surface area contributed by atoms with E-state index in [0.717, 1.165) is 28.1 Å². The number of hydrogen-bond acceptors (Lipinski definition) is 6. The van der Waals surface area contributed by atoms with Crippen molar-refractivity contribution in [2.45, 2.75) is 23.9 Å². The molecule has 4 rings (SSSR count). The van der Waals surface area contributed by atoms with Gasteiger partial charge >= 0.3 is 0 Å². The summed E-state index contributed by atoms with van der Waals surface area (Å²) in [5.74, 6) is 0.654. The third-order valence-electron chi connectivity index (χ3n) is 4.87. The summed E-state index contributed by atoms with van der Waals surface area (Å²) in [6.07, 6.45) is 0. The van der Waals surface area contributed by atoms with Gasteiger partial charge in [-0.15, -0.1) is 5.10 Å². The van der Waals surface area contributed by atoms with Crippen LogP contribution in [0.25, 0.3) is 0 Å². The maximum atomic E-state index is 13.2. The van der Waals surface area contributed by atoms with Gasteiger partial charge in [-0.3, -0.25) is 4.79 Å². The first-order valence-electron chi connectivity index (χ1n) is 10.1. The Morgan fingerprint density at radius 2 is 1.75 bits per heavy atom. The zero-order valence-corrected chi connectivity index (χ0v) is 18.6. The third kappa shape index (κ3) is 5.33. The van der Waals surface area contributed by atoms with Gasteiger partial charge in [0, 0.05) is 5.69 Å². The van der Waals surface area contributed by atoms with E-state index in [-0.39, 0.29) is 5.91 Å². The van der Waals surface area contributed by atoms with Crippen molar-refractivity contribution in [3.05, 3.63) is 95.6 Å². The molecule has 1 aromatic heterocycles. The summed E-state index contributed by atoms with van der Waals surface area (Å²) in [6, 6.07) is 25.1. The molecule has 0 aliphatic rings. The van der Waals surface area contributed by atoms with Crippen LogP contribution >= 0.6 is 11.8 Å². The number of nitrogens with one attached hydrogen (secondary N) is 1. The number of tetrazole rings is 1. The Labute approximate surface area is 190 Å². The number of carbonyl (C=O) groups is 1. The van der Waals surface area contributed by atoms with E-state index in [1.807, 2.05) is 85.8 Å². The Balaban J connectivity index is 1.56. The van der Waals surface area contributed by atoms with Gasteiger partial charge < -0.3 is 10.1 Å². The van der Waals surface area contributed by atoms with Gasteiger partial charge in [0.2, 0.25) is 11.1 Å². The quantitative estimate of drug-likeness (QED) is 0.402. The number of nitrogens with zero attached hydrogens (tertiary/aromatic N) is 4. The Hall–Kier alpha value is -3.65. The summed E-state index contributed by atoms with van der Waals surface area (Å²) < 4.78 is 6.91. The van der Waals surface area contributed by atoms with Crippen molar-refractivity contribution in [1.29, 1.82) is 0 Å². The fraction of sp³-hybridized carbons (Fsp3) is 0.167. The second-order valence-electron chi connectivity index (χ2n) is 7.23. The Morgan fingerprint density at radius 3 is 2.44 bits per heavy atom. The standard InChI is InChI=1S/C24H23N5O2S/c1-17-8-12-20(13-9-17)25-23(30)22(19-6-4-3-5-7-19)32-24-26-27-28-29(24)16-18-10-14-21(31-2)15-11-18/h3-15,22H,16H2,1-2H3,(H,25,30). The molecule has 1 heterocycles. The van der Waals surface area contributed by atoms with Gasteiger partial charge in [-0.25, -0.2) is 4.68 Å². The number of methoxy groups -OCH3 is 1. The Morgan fingerprint density at radius 1 is 1.03 bits per heavy atom. The summed E-state index contributed by atoms with van der Waals surface area (Å²) >= 11 is 1.32. The number of thioether (sulfide) groups is 1. The summed E-state index contributed by atoms with van der Waals surface area (Å²) in [4.78, 5) is 13.2. The van der Waals surface area contributed by atoms with Gasteiger partial charge in [0.15, 0.2) is 0 Å². The molecule has 4 aromatic rings. The number of amides is 1. The largest absolute Gasteiger partial charge is 0.497 e. The van der Waals surface area contributed by atoms with Gasteiger partial charge in [0.1, 0.15) is 11.0 Å². The highest BCUT2D eigenvalue weighted by Crippen LogP contribution is 2.35. The molecular weight excluding hydrogens is 422 g/mol. The Kier molecular flexibility index (Phi) is 6.81. The molecule has 3 aromatic carbocycles. The SMILES string of the molecule is COc1ccc(Cn2nnnc2SC(C(=O)Nc2ccc(C)cc2)c2ccccc2)cc1. The molecule has 32 heavy (non-hydrogen) atoms. The van der Waals surface area contributed by atoms with Crippen LogP contribution in [0.2, 0.25) is 0 Å². The molecule has 0 bridgehead atoms. The van der Waals surface area contributed by atoms with Gasteiger partial charge in [-0.1, -0.05) is 71.9 Å². The van der Waals surface area contributed by atoms with E-state index in [9.17, 15) is 4.79 Å². The van der Waals surface area contributed by atoms with Crippen LogP contribution in [0, 0.1) is 6.92 Å². The first-order valence-corrected chi connectivity index (χ1v) is 11.0. The van der Waals surface area contributed by atoms with Crippen molar-refractivity contribution >= 4 is 23.4 Å². The van der Waals surface area contributed by atoms with Gasteiger partial charge in [-0.05, 0) is 52.7 Å². The minimum absolute atomic E-state index is 0.135. The number of aryl methyl sites for hydroxylation is 1. The summed E-state index contributed by atoms with van der Waals surface area (Å²) in [5, 5.41) is 15.2. The number of carbonyl (C=O) groups excluding carboxylic acids is 1. The topological polar surface area (TPSA) is 81.9 Å². The van der Waals surface area contributed by atoms with Crippen LogP contribution < -0.4 is 10.1 Å². The second-order valence-corrected chi connectivity index (χ2v) is 8.30. The van der Waals surface area contributed by atoms with Gasteiger partial charge in [0.25, 0.3) is 0 Å². The average molecular weight is 446 g/mol. The smallest absolute Gasteiger partial charge is 0.242 e. The summed E-state index contributed by atoms with van der Waals surface area (Å²) in [6.45, 7) is 2.50. The molecule has 0 aliphatic heterocycles. The van der Waals surface area contributed by atoms with Crippen LogP contribution in [0.3, 0.4) is 0 Å². The first-order chi connectivity index (χ1) is 15.6. The normalized spacial score (nSPS) is 11.7. The number of benzene rings is 3. The van der Waals surface area contributed by atoms with Crippen LogP contribution in [0.15, 0.2) is 84.0 Å². The van der Waals surface area contributed by atoms with E-state index >= 15 is 0 Å². The van der Waals surface area contributed by atoms with Crippen molar-refractivity contribution in [2.75, 3.05) is 12.4 Å². The maximum absolute atomic E-state index is 13.2. The molecular formula is C24H23N5O2S. The molecule has 0 spiro atoms. The average Bonchev–Trinajstić information content (AvgIpc) is 3.26. The van der Waals surface area contributed by atoms with Crippen molar-refractivity contribution in [3.8, 4) is 5.75 Å². The number of rotatable bonds is 8. The van der Waals surface area contributed by atoms with Crippen molar-refractivity contribution < 1.29 is 9.53 Å². The predicted molar refractivity (Wildman–Crippen MR) is 125 cm³/mol. The number of aromatic nitrogens is 4. The first kappa shape index (κ1) is 21.6. The molecule has 0 radical (unpaired) electrons. The molecule has 1 atom stereocenters. The molecule has 0 saturated heterocycles. The van der Waals surface area contributed by atoms with Gasteiger partial charge in [-0.2, -0.15) is 0 Å². The number of ether oxygens (including phenoxy) is 1. The van der Waals surface area contributed by atoms with Crippen LogP contribution in [-0.4, -0.2) is 33.2 Å². The molecule has 7 nitrogen and oxygen atoms in total. The molecule has 8 heteroatoms. The van der Waals surface area contributed by atoms with E-state index in [1.54, 1.807) is 11.8 Å². The van der Waals surface area contributed by atoms with Crippen LogP contribution in [0.1, 0.15) is 21.9 Å². The molecule has 0 fully saturated rings. The highest BCUT2D eigenvalue weighted by Gasteiger charge is 2.25. The molecule has 0 aliphatic carbocycles. The van der Waals surface area contributed by atoms with Crippen molar-refractivity contribution in [1.82, 2.24) is 20.2 Å². The third-order valence-corrected chi connectivity index (χ3v) is 6.10. The minimum atomic E-state index is -0.516. The van der Waals surface area contributed by atoms with Crippen molar-refractivity contribution in [2.24, 2.45) is 0 Å². The van der Waals surface area contributed by atoms with Crippen LogP contribution in [-0.2, 0) is 11.3 Å². The lowest BCUT2D eigenvalue weighted by Gasteiger charge is -2.17. The van der Waals surface area contributed by atoms with Gasteiger partial charge in [0.05, 0.1) is 13.7 Å².